The third-order valence-electron chi connectivity index (χ3n) is 4.64. The number of nitro benzene ring substituents is 1. The number of nitro groups is 1. The van der Waals surface area contributed by atoms with Crippen molar-refractivity contribution in [2.45, 2.75) is 38.8 Å². The summed E-state index contributed by atoms with van der Waals surface area (Å²) in [5.41, 5.74) is 1.70. The molecule has 1 unspecified atom stereocenters. The molecule has 0 amide bonds. The van der Waals surface area contributed by atoms with Crippen LogP contribution in [0.1, 0.15) is 31.7 Å². The van der Waals surface area contributed by atoms with E-state index in [1.54, 1.807) is 12.1 Å². The van der Waals surface area contributed by atoms with Crippen LogP contribution in [-0.4, -0.2) is 35.5 Å². The van der Waals surface area contributed by atoms with Gasteiger partial charge in [0.05, 0.1) is 4.92 Å². The molecular weight excluding hydrogens is 266 g/mol. The normalized spacial score (nSPS) is 25.4. The maximum atomic E-state index is 10.7. The predicted molar refractivity (Wildman–Crippen MR) is 82.1 cm³/mol. The Hall–Kier alpha value is -1.46. The van der Waals surface area contributed by atoms with Crippen LogP contribution in [0.2, 0.25) is 0 Å². The fraction of sp³-hybridized carbons (Fsp3) is 0.625. The Balaban J connectivity index is 1.66. The first-order valence-corrected chi connectivity index (χ1v) is 7.74. The Kier molecular flexibility index (Phi) is 3.95. The zero-order valence-corrected chi connectivity index (χ0v) is 12.5. The van der Waals surface area contributed by atoms with E-state index in [4.69, 9.17) is 0 Å². The average Bonchev–Trinajstić information content (AvgIpc) is 3.22. The molecule has 1 aromatic rings. The highest BCUT2D eigenvalue weighted by atomic mass is 16.6. The lowest BCUT2D eigenvalue weighted by Gasteiger charge is -2.32. The molecule has 3 rings (SSSR count). The van der Waals surface area contributed by atoms with E-state index in [1.165, 1.54) is 24.8 Å². The number of rotatable bonds is 6. The summed E-state index contributed by atoms with van der Waals surface area (Å²) in [5.74, 6) is 0. The van der Waals surface area contributed by atoms with Crippen molar-refractivity contribution in [3.8, 4) is 0 Å². The van der Waals surface area contributed by atoms with Gasteiger partial charge < -0.3 is 5.32 Å². The standard InChI is InChI=1S/C16H23N3O2/c1-16(8-9-17-11-16)12-18(14-6-7-14)10-13-2-4-15(5-3-13)19(20)21/h2-5,14,17H,6-12H2,1H3. The fourth-order valence-corrected chi connectivity index (χ4v) is 3.21. The largest absolute Gasteiger partial charge is 0.316 e. The van der Waals surface area contributed by atoms with Gasteiger partial charge in [-0.2, -0.15) is 0 Å². The van der Waals surface area contributed by atoms with Crippen LogP contribution in [0.5, 0.6) is 0 Å². The van der Waals surface area contributed by atoms with Crippen LogP contribution in [0.3, 0.4) is 0 Å². The van der Waals surface area contributed by atoms with Gasteiger partial charge in [0, 0.05) is 37.8 Å². The van der Waals surface area contributed by atoms with E-state index in [0.29, 0.717) is 11.5 Å². The van der Waals surface area contributed by atoms with E-state index < -0.39 is 0 Å². The SMILES string of the molecule is CC1(CN(Cc2ccc([N+](=O)[O-])cc2)C2CC2)CCNC1. The minimum absolute atomic E-state index is 0.170. The van der Waals surface area contributed by atoms with Crippen LogP contribution in [0, 0.1) is 15.5 Å². The summed E-state index contributed by atoms with van der Waals surface area (Å²) in [6.45, 7) is 6.58. The van der Waals surface area contributed by atoms with E-state index in [1.807, 2.05) is 12.1 Å². The first-order chi connectivity index (χ1) is 10.1. The van der Waals surface area contributed by atoms with Gasteiger partial charge in [-0.1, -0.05) is 19.1 Å². The Morgan fingerprint density at radius 3 is 2.62 bits per heavy atom. The lowest BCUT2D eigenvalue weighted by atomic mass is 9.89. The van der Waals surface area contributed by atoms with Crippen LogP contribution in [0.25, 0.3) is 0 Å². The van der Waals surface area contributed by atoms with Gasteiger partial charge in [0.2, 0.25) is 0 Å². The maximum absolute atomic E-state index is 10.7. The van der Waals surface area contributed by atoms with Gasteiger partial charge in [-0.05, 0) is 36.8 Å². The summed E-state index contributed by atoms with van der Waals surface area (Å²) in [6, 6.07) is 7.71. The number of hydrogen-bond donors (Lipinski definition) is 1. The molecule has 2 fully saturated rings. The lowest BCUT2D eigenvalue weighted by molar-refractivity contribution is -0.384. The molecule has 114 valence electrons. The fourth-order valence-electron chi connectivity index (χ4n) is 3.21. The molecule has 5 nitrogen and oxygen atoms in total. The second-order valence-corrected chi connectivity index (χ2v) is 6.80. The molecule has 1 heterocycles. The van der Waals surface area contributed by atoms with Crippen molar-refractivity contribution in [1.29, 1.82) is 0 Å². The molecule has 0 spiro atoms. The Labute approximate surface area is 125 Å². The van der Waals surface area contributed by atoms with E-state index in [-0.39, 0.29) is 10.6 Å². The average molecular weight is 289 g/mol. The molecule has 2 aliphatic rings. The van der Waals surface area contributed by atoms with Crippen LogP contribution in [-0.2, 0) is 6.54 Å². The molecule has 1 aliphatic carbocycles. The Morgan fingerprint density at radius 2 is 2.10 bits per heavy atom. The first kappa shape index (κ1) is 14.5. The predicted octanol–water partition coefficient (Wildman–Crippen LogP) is 2.56. The number of nitrogens with zero attached hydrogens (tertiary/aromatic N) is 2. The van der Waals surface area contributed by atoms with E-state index in [2.05, 4.69) is 17.1 Å². The maximum Gasteiger partial charge on any atom is 0.269 e. The molecule has 21 heavy (non-hydrogen) atoms. The molecule has 0 aromatic heterocycles. The number of non-ortho nitro benzene ring substituents is 1. The van der Waals surface area contributed by atoms with Crippen LogP contribution in [0.15, 0.2) is 24.3 Å². The molecule has 1 saturated carbocycles. The smallest absolute Gasteiger partial charge is 0.269 e. The van der Waals surface area contributed by atoms with Gasteiger partial charge in [-0.25, -0.2) is 0 Å². The van der Waals surface area contributed by atoms with E-state index in [9.17, 15) is 10.1 Å². The van der Waals surface area contributed by atoms with Crippen molar-refractivity contribution in [3.05, 3.63) is 39.9 Å². The van der Waals surface area contributed by atoms with Crippen molar-refractivity contribution in [2.75, 3.05) is 19.6 Å². The van der Waals surface area contributed by atoms with Gasteiger partial charge in [0.1, 0.15) is 0 Å². The van der Waals surface area contributed by atoms with Crippen molar-refractivity contribution >= 4 is 5.69 Å². The third-order valence-corrected chi connectivity index (χ3v) is 4.64. The molecule has 1 aliphatic heterocycles. The summed E-state index contributed by atoms with van der Waals surface area (Å²) in [4.78, 5) is 12.9. The topological polar surface area (TPSA) is 58.4 Å². The highest BCUT2D eigenvalue weighted by Crippen LogP contribution is 2.34. The first-order valence-electron chi connectivity index (χ1n) is 7.74. The van der Waals surface area contributed by atoms with Crippen LogP contribution >= 0.6 is 0 Å². The third kappa shape index (κ3) is 3.60. The molecule has 0 radical (unpaired) electrons. The summed E-state index contributed by atoms with van der Waals surface area (Å²) < 4.78 is 0. The number of benzene rings is 1. The summed E-state index contributed by atoms with van der Waals surface area (Å²) in [5, 5.41) is 14.2. The summed E-state index contributed by atoms with van der Waals surface area (Å²) >= 11 is 0. The van der Waals surface area contributed by atoms with Crippen LogP contribution in [0.4, 0.5) is 5.69 Å². The van der Waals surface area contributed by atoms with Crippen molar-refractivity contribution in [3.63, 3.8) is 0 Å². The number of nitrogens with one attached hydrogen (secondary N) is 1. The minimum atomic E-state index is -0.340. The second kappa shape index (κ2) is 5.73. The van der Waals surface area contributed by atoms with Crippen LogP contribution < -0.4 is 5.32 Å². The molecular formula is C16H23N3O2. The lowest BCUT2D eigenvalue weighted by Crippen LogP contribution is -2.38. The van der Waals surface area contributed by atoms with Gasteiger partial charge in [-0.3, -0.25) is 15.0 Å². The summed E-state index contributed by atoms with van der Waals surface area (Å²) in [6.07, 6.45) is 3.81. The summed E-state index contributed by atoms with van der Waals surface area (Å²) in [7, 11) is 0. The molecule has 1 N–H and O–H groups in total. The second-order valence-electron chi connectivity index (χ2n) is 6.80. The van der Waals surface area contributed by atoms with E-state index in [0.717, 1.165) is 26.2 Å². The molecule has 1 atom stereocenters. The van der Waals surface area contributed by atoms with E-state index >= 15 is 0 Å². The highest BCUT2D eigenvalue weighted by Gasteiger charge is 2.36. The molecule has 0 bridgehead atoms. The van der Waals surface area contributed by atoms with Crippen molar-refractivity contribution in [2.24, 2.45) is 5.41 Å². The van der Waals surface area contributed by atoms with Gasteiger partial charge >= 0.3 is 0 Å². The highest BCUT2D eigenvalue weighted by molar-refractivity contribution is 5.32. The van der Waals surface area contributed by atoms with Gasteiger partial charge in [0.15, 0.2) is 0 Å². The minimum Gasteiger partial charge on any atom is -0.316 e. The number of hydrogen-bond acceptors (Lipinski definition) is 4. The Morgan fingerprint density at radius 1 is 1.38 bits per heavy atom. The zero-order chi connectivity index (χ0) is 14.9. The molecule has 1 aromatic carbocycles. The van der Waals surface area contributed by atoms with Gasteiger partial charge in [0.25, 0.3) is 5.69 Å². The van der Waals surface area contributed by atoms with Crippen molar-refractivity contribution < 1.29 is 4.92 Å². The van der Waals surface area contributed by atoms with Gasteiger partial charge in [-0.15, -0.1) is 0 Å². The Bertz CT molecular complexity index is 505. The monoisotopic (exact) mass is 289 g/mol. The molecule has 5 heteroatoms. The quantitative estimate of drug-likeness (QED) is 0.646. The zero-order valence-electron chi connectivity index (χ0n) is 12.5. The van der Waals surface area contributed by atoms with Crippen molar-refractivity contribution in [1.82, 2.24) is 10.2 Å². The molecule has 1 saturated heterocycles.